The maximum Gasteiger partial charge on any atom is 0.0802 e. The van der Waals surface area contributed by atoms with Crippen LogP contribution in [0.2, 0.25) is 0 Å². The summed E-state index contributed by atoms with van der Waals surface area (Å²) in [7, 11) is 1.86. The second-order valence-electron chi connectivity index (χ2n) is 5.48. The third-order valence-electron chi connectivity index (χ3n) is 4.29. The van der Waals surface area contributed by atoms with Crippen LogP contribution in [-0.2, 0) is 4.74 Å². The summed E-state index contributed by atoms with van der Waals surface area (Å²) in [6.45, 7) is 7.94. The van der Waals surface area contributed by atoms with Gasteiger partial charge in [0, 0.05) is 19.7 Å². The van der Waals surface area contributed by atoms with Gasteiger partial charge in [0.1, 0.15) is 0 Å². The Hall–Kier alpha value is -0.0800. The van der Waals surface area contributed by atoms with Crippen LogP contribution in [0.1, 0.15) is 59.3 Å². The van der Waals surface area contributed by atoms with Crippen LogP contribution in [0, 0.1) is 5.92 Å². The molecular weight excluding hydrogens is 198 g/mol. The zero-order valence-corrected chi connectivity index (χ0v) is 11.5. The van der Waals surface area contributed by atoms with Crippen molar-refractivity contribution >= 4 is 0 Å². The Bertz CT molecular complexity index is 184. The largest absolute Gasteiger partial charge is 0.377 e. The van der Waals surface area contributed by atoms with Gasteiger partial charge in [-0.05, 0) is 38.0 Å². The molecule has 0 bridgehead atoms. The van der Waals surface area contributed by atoms with Crippen molar-refractivity contribution in [2.24, 2.45) is 5.92 Å². The fourth-order valence-electron chi connectivity index (χ4n) is 2.40. The molecule has 96 valence electrons. The fraction of sp³-hybridized carbons (Fsp3) is 1.00. The molecule has 0 aromatic rings. The third-order valence-corrected chi connectivity index (χ3v) is 4.29. The molecule has 0 radical (unpaired) electrons. The zero-order chi connectivity index (χ0) is 12.0. The summed E-state index contributed by atoms with van der Waals surface area (Å²) in [6, 6.07) is 0.669. The molecule has 1 N–H and O–H groups in total. The van der Waals surface area contributed by atoms with E-state index in [2.05, 4.69) is 26.1 Å². The van der Waals surface area contributed by atoms with Crippen molar-refractivity contribution in [3.8, 4) is 0 Å². The van der Waals surface area contributed by atoms with Gasteiger partial charge in [-0.2, -0.15) is 0 Å². The number of nitrogens with one attached hydrogen (secondary N) is 1. The molecule has 0 aromatic carbocycles. The Kier molecular flexibility index (Phi) is 5.77. The standard InChI is InChI=1S/C14H29NO/c1-5-12(3)10-13(6-2)15-11-14(16-4)8-7-9-14/h12-13,15H,5-11H2,1-4H3. The summed E-state index contributed by atoms with van der Waals surface area (Å²) in [5.74, 6) is 0.831. The normalized spacial score (nSPS) is 22.5. The van der Waals surface area contributed by atoms with Gasteiger partial charge >= 0.3 is 0 Å². The number of rotatable bonds is 8. The van der Waals surface area contributed by atoms with E-state index in [9.17, 15) is 0 Å². The first-order valence-electron chi connectivity index (χ1n) is 6.94. The Balaban J connectivity index is 2.27. The van der Waals surface area contributed by atoms with Gasteiger partial charge in [-0.25, -0.2) is 0 Å². The van der Waals surface area contributed by atoms with E-state index in [0.29, 0.717) is 6.04 Å². The molecule has 0 saturated heterocycles. The first-order chi connectivity index (χ1) is 7.65. The maximum atomic E-state index is 5.64. The average Bonchev–Trinajstić information content (AvgIpc) is 2.26. The topological polar surface area (TPSA) is 21.3 Å². The lowest BCUT2D eigenvalue weighted by Crippen LogP contribution is -2.50. The van der Waals surface area contributed by atoms with E-state index in [1.54, 1.807) is 0 Å². The molecule has 2 nitrogen and oxygen atoms in total. The van der Waals surface area contributed by atoms with Gasteiger partial charge in [-0.1, -0.05) is 27.2 Å². The third kappa shape index (κ3) is 3.74. The minimum Gasteiger partial charge on any atom is -0.377 e. The molecule has 0 aromatic heterocycles. The van der Waals surface area contributed by atoms with Crippen LogP contribution in [0.25, 0.3) is 0 Å². The summed E-state index contributed by atoms with van der Waals surface area (Å²) in [5.41, 5.74) is 0.170. The summed E-state index contributed by atoms with van der Waals surface area (Å²) in [4.78, 5) is 0. The monoisotopic (exact) mass is 227 g/mol. The van der Waals surface area contributed by atoms with Crippen LogP contribution in [0.4, 0.5) is 0 Å². The number of hydrogen-bond acceptors (Lipinski definition) is 2. The first-order valence-corrected chi connectivity index (χ1v) is 6.94. The molecule has 1 aliphatic rings. The van der Waals surface area contributed by atoms with E-state index in [4.69, 9.17) is 4.74 Å². The van der Waals surface area contributed by atoms with Crippen molar-refractivity contribution in [2.75, 3.05) is 13.7 Å². The smallest absolute Gasteiger partial charge is 0.0802 e. The lowest BCUT2D eigenvalue weighted by Gasteiger charge is -2.41. The number of methoxy groups -OCH3 is 1. The Morgan fingerprint density at radius 2 is 1.94 bits per heavy atom. The summed E-state index contributed by atoms with van der Waals surface area (Å²) < 4.78 is 5.64. The van der Waals surface area contributed by atoms with Crippen molar-refractivity contribution in [2.45, 2.75) is 70.9 Å². The average molecular weight is 227 g/mol. The minimum absolute atomic E-state index is 0.170. The van der Waals surface area contributed by atoms with Gasteiger partial charge in [0.2, 0.25) is 0 Å². The predicted molar refractivity (Wildman–Crippen MR) is 69.7 cm³/mol. The molecule has 0 aliphatic heterocycles. The molecular formula is C14H29NO. The van der Waals surface area contributed by atoms with Crippen molar-refractivity contribution < 1.29 is 4.74 Å². The Morgan fingerprint density at radius 1 is 1.25 bits per heavy atom. The SMILES string of the molecule is CCC(C)CC(CC)NCC1(OC)CCC1. The lowest BCUT2D eigenvalue weighted by molar-refractivity contribution is -0.0712. The molecule has 2 heteroatoms. The highest BCUT2D eigenvalue weighted by atomic mass is 16.5. The van der Waals surface area contributed by atoms with E-state index in [1.165, 1.54) is 38.5 Å². The number of ether oxygens (including phenoxy) is 1. The molecule has 16 heavy (non-hydrogen) atoms. The second-order valence-corrected chi connectivity index (χ2v) is 5.48. The molecule has 1 fully saturated rings. The number of hydrogen-bond donors (Lipinski definition) is 1. The molecule has 1 aliphatic carbocycles. The summed E-state index contributed by atoms with van der Waals surface area (Å²) in [5, 5.41) is 3.70. The zero-order valence-electron chi connectivity index (χ0n) is 11.5. The lowest BCUT2D eigenvalue weighted by atomic mass is 9.79. The van der Waals surface area contributed by atoms with Crippen LogP contribution < -0.4 is 5.32 Å². The molecule has 0 heterocycles. The van der Waals surface area contributed by atoms with Crippen molar-refractivity contribution in [3.63, 3.8) is 0 Å². The Labute approximate surface area is 101 Å². The molecule has 2 unspecified atom stereocenters. The molecule has 2 atom stereocenters. The van der Waals surface area contributed by atoms with Gasteiger partial charge in [0.25, 0.3) is 0 Å². The molecule has 0 amide bonds. The van der Waals surface area contributed by atoms with E-state index in [1.807, 2.05) is 7.11 Å². The van der Waals surface area contributed by atoms with E-state index in [-0.39, 0.29) is 5.60 Å². The molecule has 1 rings (SSSR count). The van der Waals surface area contributed by atoms with Gasteiger partial charge in [0.15, 0.2) is 0 Å². The summed E-state index contributed by atoms with van der Waals surface area (Å²) >= 11 is 0. The van der Waals surface area contributed by atoms with Gasteiger partial charge < -0.3 is 10.1 Å². The maximum absolute atomic E-state index is 5.64. The Morgan fingerprint density at radius 3 is 2.31 bits per heavy atom. The second kappa shape index (κ2) is 6.61. The van der Waals surface area contributed by atoms with Crippen LogP contribution >= 0.6 is 0 Å². The highest BCUT2D eigenvalue weighted by Crippen LogP contribution is 2.34. The van der Waals surface area contributed by atoms with Crippen LogP contribution in [-0.4, -0.2) is 25.3 Å². The van der Waals surface area contributed by atoms with Crippen LogP contribution in [0.3, 0.4) is 0 Å². The van der Waals surface area contributed by atoms with Crippen molar-refractivity contribution in [3.05, 3.63) is 0 Å². The van der Waals surface area contributed by atoms with Crippen molar-refractivity contribution in [1.29, 1.82) is 0 Å². The summed E-state index contributed by atoms with van der Waals surface area (Å²) in [6.07, 6.45) is 7.61. The van der Waals surface area contributed by atoms with E-state index >= 15 is 0 Å². The van der Waals surface area contributed by atoms with Crippen LogP contribution in [0.5, 0.6) is 0 Å². The van der Waals surface area contributed by atoms with Crippen molar-refractivity contribution in [1.82, 2.24) is 5.32 Å². The first kappa shape index (κ1) is 14.0. The quantitative estimate of drug-likeness (QED) is 0.686. The molecule has 0 spiro atoms. The predicted octanol–water partition coefficient (Wildman–Crippen LogP) is 3.36. The van der Waals surface area contributed by atoms with E-state index in [0.717, 1.165) is 12.5 Å². The minimum atomic E-state index is 0.170. The highest BCUT2D eigenvalue weighted by Gasteiger charge is 2.36. The van der Waals surface area contributed by atoms with Crippen LogP contribution in [0.15, 0.2) is 0 Å². The van der Waals surface area contributed by atoms with Gasteiger partial charge in [0.05, 0.1) is 5.60 Å². The van der Waals surface area contributed by atoms with E-state index < -0.39 is 0 Å². The molecule has 1 saturated carbocycles. The van der Waals surface area contributed by atoms with Gasteiger partial charge in [-0.3, -0.25) is 0 Å². The highest BCUT2D eigenvalue weighted by molar-refractivity contribution is 4.92. The fourth-order valence-corrected chi connectivity index (χ4v) is 2.40. The van der Waals surface area contributed by atoms with Gasteiger partial charge in [-0.15, -0.1) is 0 Å².